The van der Waals surface area contributed by atoms with Crippen LogP contribution in [0, 0.1) is 11.6 Å². The minimum absolute atomic E-state index is 0.0907. The van der Waals surface area contributed by atoms with Crippen LogP contribution < -0.4 is 16.6 Å². The second kappa shape index (κ2) is 6.17. The third-order valence-electron chi connectivity index (χ3n) is 2.16. The number of nitrogens with zero attached hydrogens (tertiary/aromatic N) is 1. The maximum Gasteiger partial charge on any atom is 0.178 e. The van der Waals surface area contributed by atoms with Gasteiger partial charge in [-0.05, 0) is 13.2 Å². The fourth-order valence-electron chi connectivity index (χ4n) is 1.33. The summed E-state index contributed by atoms with van der Waals surface area (Å²) >= 11 is 1.46. The Morgan fingerprint density at radius 2 is 2.06 bits per heavy atom. The van der Waals surface area contributed by atoms with E-state index in [0.717, 1.165) is 0 Å². The lowest BCUT2D eigenvalue weighted by Gasteiger charge is -2.23. The number of aliphatic hydroxyl groups is 1. The van der Waals surface area contributed by atoms with Crippen LogP contribution in [0.3, 0.4) is 0 Å². The summed E-state index contributed by atoms with van der Waals surface area (Å²) in [5.41, 5.74) is 1.01. The molecule has 0 aliphatic carbocycles. The van der Waals surface area contributed by atoms with Crippen LogP contribution in [0.5, 0.6) is 0 Å². The third kappa shape index (κ3) is 3.97. The molecule has 1 aromatic rings. The van der Waals surface area contributed by atoms with Gasteiger partial charge in [0.1, 0.15) is 0 Å². The van der Waals surface area contributed by atoms with Crippen molar-refractivity contribution < 1.29 is 13.9 Å². The van der Waals surface area contributed by atoms with Crippen molar-refractivity contribution in [3.8, 4) is 0 Å². The predicted octanol–water partition coefficient (Wildman–Crippen LogP) is 1.17. The zero-order chi connectivity index (χ0) is 13.8. The topological polar surface area (TPSA) is 83.2 Å². The van der Waals surface area contributed by atoms with Crippen LogP contribution in [0.2, 0.25) is 0 Å². The molecule has 0 saturated carbocycles. The largest absolute Gasteiger partial charge is 0.387 e. The fraction of sp³-hybridized carbons (Fsp3) is 0.500. The van der Waals surface area contributed by atoms with Gasteiger partial charge in [-0.15, -0.1) is 0 Å². The van der Waals surface area contributed by atoms with E-state index in [1.54, 1.807) is 6.92 Å². The zero-order valence-corrected chi connectivity index (χ0v) is 10.9. The van der Waals surface area contributed by atoms with Gasteiger partial charge in [-0.25, -0.2) is 19.6 Å². The molecule has 0 amide bonds. The van der Waals surface area contributed by atoms with Crippen LogP contribution in [0.15, 0.2) is 6.07 Å². The van der Waals surface area contributed by atoms with Crippen LogP contribution in [0.4, 0.5) is 20.4 Å². The van der Waals surface area contributed by atoms with Crippen LogP contribution >= 0.6 is 11.8 Å². The van der Waals surface area contributed by atoms with Crippen LogP contribution in [-0.2, 0) is 0 Å². The Morgan fingerprint density at radius 1 is 1.44 bits per heavy atom. The summed E-state index contributed by atoms with van der Waals surface area (Å²) in [4.78, 5) is 3.64. The van der Waals surface area contributed by atoms with E-state index in [9.17, 15) is 13.9 Å². The number of anilines is 2. The van der Waals surface area contributed by atoms with E-state index in [0.29, 0.717) is 11.8 Å². The van der Waals surface area contributed by atoms with Crippen molar-refractivity contribution in [1.29, 1.82) is 0 Å². The van der Waals surface area contributed by atoms with Gasteiger partial charge in [0.2, 0.25) is 0 Å². The third-order valence-corrected chi connectivity index (χ3v) is 3.07. The Hall–Kier alpha value is -1.12. The number of nitrogen functional groups attached to an aromatic ring is 1. The molecule has 0 saturated heterocycles. The number of thioether (sulfide) groups is 1. The first kappa shape index (κ1) is 14.9. The highest BCUT2D eigenvalue weighted by molar-refractivity contribution is 7.98. The molecular weight excluding hydrogens is 262 g/mol. The molecule has 102 valence electrons. The fourth-order valence-corrected chi connectivity index (χ4v) is 2.05. The number of aromatic nitrogens is 1. The monoisotopic (exact) mass is 278 g/mol. The molecule has 0 aliphatic rings. The lowest BCUT2D eigenvalue weighted by Crippen LogP contribution is -2.36. The second-order valence-corrected chi connectivity index (χ2v) is 4.94. The van der Waals surface area contributed by atoms with Gasteiger partial charge >= 0.3 is 0 Å². The molecule has 0 aromatic carbocycles. The van der Waals surface area contributed by atoms with E-state index in [1.165, 1.54) is 11.8 Å². The van der Waals surface area contributed by atoms with Gasteiger partial charge in [0.25, 0.3) is 0 Å². The van der Waals surface area contributed by atoms with Crippen LogP contribution in [0.25, 0.3) is 0 Å². The number of pyridine rings is 1. The Bertz CT molecular complexity index is 417. The molecule has 1 heterocycles. The summed E-state index contributed by atoms with van der Waals surface area (Å²) in [5, 5.41) is 12.5. The molecule has 5 N–H and O–H groups in total. The average Bonchev–Trinajstić information content (AvgIpc) is 2.28. The van der Waals surface area contributed by atoms with Crippen molar-refractivity contribution >= 4 is 23.4 Å². The number of hydrogen-bond acceptors (Lipinski definition) is 6. The van der Waals surface area contributed by atoms with Crippen LogP contribution in [0.1, 0.15) is 6.92 Å². The van der Waals surface area contributed by atoms with Crippen molar-refractivity contribution in [2.45, 2.75) is 12.5 Å². The number of hydrazine groups is 1. The molecular formula is C10H16F2N4OS. The number of hydrogen-bond donors (Lipinski definition) is 4. The Morgan fingerprint density at radius 3 is 2.61 bits per heavy atom. The van der Waals surface area contributed by atoms with Crippen molar-refractivity contribution in [1.82, 2.24) is 4.98 Å². The number of rotatable bonds is 6. The minimum atomic E-state index is -1.02. The molecule has 0 bridgehead atoms. The van der Waals surface area contributed by atoms with Crippen molar-refractivity contribution in [2.24, 2.45) is 5.84 Å². The van der Waals surface area contributed by atoms with Gasteiger partial charge in [-0.2, -0.15) is 11.8 Å². The van der Waals surface area contributed by atoms with Crippen molar-refractivity contribution in [2.75, 3.05) is 29.3 Å². The molecule has 5 nitrogen and oxygen atoms in total. The highest BCUT2D eigenvalue weighted by Gasteiger charge is 2.20. The van der Waals surface area contributed by atoms with Gasteiger partial charge in [-0.1, -0.05) is 0 Å². The molecule has 1 unspecified atom stereocenters. The molecule has 8 heteroatoms. The number of nitrogens with two attached hydrogens (primary N) is 1. The Balaban J connectivity index is 2.79. The van der Waals surface area contributed by atoms with Gasteiger partial charge in [0, 0.05) is 18.4 Å². The molecule has 0 radical (unpaired) electrons. The molecule has 0 spiro atoms. The highest BCUT2D eigenvalue weighted by Crippen LogP contribution is 2.19. The molecule has 18 heavy (non-hydrogen) atoms. The first-order chi connectivity index (χ1) is 8.39. The summed E-state index contributed by atoms with van der Waals surface area (Å²) in [7, 11) is 0. The lowest BCUT2D eigenvalue weighted by atomic mass is 10.1. The quantitative estimate of drug-likeness (QED) is 0.462. The number of nitrogens with one attached hydrogen (secondary N) is 2. The molecule has 1 atom stereocenters. The lowest BCUT2D eigenvalue weighted by molar-refractivity contribution is 0.0995. The Labute approximate surface area is 108 Å². The van der Waals surface area contributed by atoms with Crippen molar-refractivity contribution in [3.05, 3.63) is 17.7 Å². The molecule has 1 aromatic heterocycles. The molecule has 1 rings (SSSR count). The summed E-state index contributed by atoms with van der Waals surface area (Å²) in [6.07, 6.45) is 1.85. The van der Waals surface area contributed by atoms with Crippen molar-refractivity contribution in [3.63, 3.8) is 0 Å². The average molecular weight is 278 g/mol. The summed E-state index contributed by atoms with van der Waals surface area (Å²) in [6, 6.07) is 0.674. The SMILES string of the molecule is CSCC(C)(O)CNc1nc(NN)c(F)cc1F. The normalized spacial score (nSPS) is 14.1. The van der Waals surface area contributed by atoms with E-state index < -0.39 is 17.2 Å². The van der Waals surface area contributed by atoms with Crippen LogP contribution in [-0.4, -0.2) is 34.2 Å². The molecule has 0 aliphatic heterocycles. The second-order valence-electron chi connectivity index (χ2n) is 4.08. The highest BCUT2D eigenvalue weighted by atomic mass is 32.2. The van der Waals surface area contributed by atoms with Gasteiger partial charge < -0.3 is 15.8 Å². The van der Waals surface area contributed by atoms with E-state index >= 15 is 0 Å². The first-order valence-electron chi connectivity index (χ1n) is 5.17. The summed E-state index contributed by atoms with van der Waals surface area (Å²) in [5.74, 6) is 3.38. The number of halogens is 2. The van der Waals surface area contributed by atoms with Gasteiger partial charge in [0.05, 0.1) is 5.60 Å². The van der Waals surface area contributed by atoms with Gasteiger partial charge in [-0.3, -0.25) is 0 Å². The zero-order valence-electron chi connectivity index (χ0n) is 10.1. The Kier molecular flexibility index (Phi) is 5.12. The van der Waals surface area contributed by atoms with E-state index in [-0.39, 0.29) is 18.2 Å². The van der Waals surface area contributed by atoms with Gasteiger partial charge in [0.15, 0.2) is 23.3 Å². The molecule has 0 fully saturated rings. The van der Waals surface area contributed by atoms with E-state index in [2.05, 4.69) is 10.3 Å². The summed E-state index contributed by atoms with van der Waals surface area (Å²) < 4.78 is 26.5. The minimum Gasteiger partial charge on any atom is -0.387 e. The standard InChI is InChI=1S/C10H16F2N4OS/c1-10(17,5-18-2)4-14-8-6(11)3-7(12)9(15-8)16-13/h3,17H,4-5,13H2,1-2H3,(H2,14,15,16). The van der Waals surface area contributed by atoms with E-state index in [1.807, 2.05) is 11.7 Å². The maximum atomic E-state index is 13.4. The maximum absolute atomic E-state index is 13.4. The summed E-state index contributed by atoms with van der Waals surface area (Å²) in [6.45, 7) is 1.70. The first-order valence-corrected chi connectivity index (χ1v) is 6.57. The predicted molar refractivity (Wildman–Crippen MR) is 69.5 cm³/mol. The smallest absolute Gasteiger partial charge is 0.178 e. The van der Waals surface area contributed by atoms with E-state index in [4.69, 9.17) is 5.84 Å².